The van der Waals surface area contributed by atoms with Crippen molar-refractivity contribution in [1.29, 1.82) is 0 Å². The fourth-order valence-electron chi connectivity index (χ4n) is 3.42. The summed E-state index contributed by atoms with van der Waals surface area (Å²) in [6.07, 6.45) is 5.45. The maximum absolute atomic E-state index is 12.7. The Kier molecular flexibility index (Phi) is 5.71. The molecule has 0 bridgehead atoms. The normalized spacial score (nSPS) is 11.7. The largest absolute Gasteiger partial charge is 0.508 e. The number of rotatable bonds is 6. The number of benzene rings is 2. The summed E-state index contributed by atoms with van der Waals surface area (Å²) in [5, 5.41) is 16.2. The van der Waals surface area contributed by atoms with E-state index in [1.807, 2.05) is 67.1 Å². The Bertz CT molecular complexity index is 1200. The van der Waals surface area contributed by atoms with Crippen molar-refractivity contribution in [1.82, 2.24) is 14.9 Å². The molecule has 1 unspecified atom stereocenters. The number of aryl methyl sites for hydroxylation is 1. The van der Waals surface area contributed by atoms with E-state index < -0.39 is 0 Å². The van der Waals surface area contributed by atoms with Gasteiger partial charge in [-0.15, -0.1) is 0 Å². The van der Waals surface area contributed by atoms with Gasteiger partial charge in [-0.1, -0.05) is 36.4 Å². The lowest BCUT2D eigenvalue weighted by Crippen LogP contribution is -2.26. The average Bonchev–Trinajstić information content (AvgIpc) is 3.26. The van der Waals surface area contributed by atoms with Crippen LogP contribution >= 0.6 is 0 Å². The van der Waals surface area contributed by atoms with E-state index in [1.54, 1.807) is 36.7 Å². The maximum Gasteiger partial charge on any atom is 0.253 e. The van der Waals surface area contributed by atoms with E-state index in [9.17, 15) is 9.90 Å². The van der Waals surface area contributed by atoms with Gasteiger partial charge in [-0.3, -0.25) is 4.79 Å². The van der Waals surface area contributed by atoms with E-state index >= 15 is 0 Å². The van der Waals surface area contributed by atoms with E-state index in [0.717, 1.165) is 22.8 Å². The van der Waals surface area contributed by atoms with Crippen LogP contribution in [0.5, 0.6) is 5.75 Å². The number of nitrogens with one attached hydrogen (secondary N) is 2. The molecule has 1 amide bonds. The first-order chi connectivity index (χ1) is 15.0. The van der Waals surface area contributed by atoms with Crippen molar-refractivity contribution < 1.29 is 9.90 Å². The van der Waals surface area contributed by atoms with Crippen LogP contribution in [0.3, 0.4) is 0 Å². The van der Waals surface area contributed by atoms with Gasteiger partial charge in [0.25, 0.3) is 5.91 Å². The molecule has 0 radical (unpaired) electrons. The fourth-order valence-corrected chi connectivity index (χ4v) is 3.42. The van der Waals surface area contributed by atoms with Crippen LogP contribution < -0.4 is 10.6 Å². The Balaban J connectivity index is 1.52. The molecule has 1 atom stereocenters. The van der Waals surface area contributed by atoms with Gasteiger partial charge in [0.15, 0.2) is 0 Å². The van der Waals surface area contributed by atoms with Crippen LogP contribution in [0.15, 0.2) is 85.3 Å². The third kappa shape index (κ3) is 4.59. The quantitative estimate of drug-likeness (QED) is 0.411. The number of carbonyl (C=O) groups is 1. The van der Waals surface area contributed by atoms with E-state index in [2.05, 4.69) is 15.6 Å². The summed E-state index contributed by atoms with van der Waals surface area (Å²) in [5.41, 5.74) is 4.09. The summed E-state index contributed by atoms with van der Waals surface area (Å²) in [6.45, 7) is 3.83. The first-order valence-corrected chi connectivity index (χ1v) is 10.1. The molecule has 6 nitrogen and oxygen atoms in total. The van der Waals surface area contributed by atoms with E-state index in [0.29, 0.717) is 11.1 Å². The summed E-state index contributed by atoms with van der Waals surface area (Å²) in [4.78, 5) is 17.2. The van der Waals surface area contributed by atoms with Crippen molar-refractivity contribution in [3.05, 3.63) is 102 Å². The standard InChI is InChI=1S/C25H24N4O2/c1-17-15-26-24(28-20-8-4-3-5-9-20)14-22(17)29-13-12-19(16-29)25(31)27-18(2)21-10-6-7-11-23(21)30/h3-16,18,30H,1-2H3,(H,26,28)(H,27,31). The Labute approximate surface area is 181 Å². The van der Waals surface area contributed by atoms with Gasteiger partial charge < -0.3 is 20.3 Å². The molecule has 2 heterocycles. The number of pyridine rings is 1. The van der Waals surface area contributed by atoms with Crippen LogP contribution in [0.1, 0.15) is 34.5 Å². The third-order valence-electron chi connectivity index (χ3n) is 5.11. The Hall–Kier alpha value is -4.06. The molecular formula is C25H24N4O2. The van der Waals surface area contributed by atoms with Gasteiger partial charge in [0.05, 0.1) is 17.3 Å². The third-order valence-corrected chi connectivity index (χ3v) is 5.11. The zero-order valence-electron chi connectivity index (χ0n) is 17.4. The monoisotopic (exact) mass is 412 g/mol. The smallest absolute Gasteiger partial charge is 0.253 e. The Morgan fingerprint density at radius 3 is 2.58 bits per heavy atom. The van der Waals surface area contributed by atoms with Crippen LogP contribution in [0.4, 0.5) is 11.5 Å². The van der Waals surface area contributed by atoms with Crippen LogP contribution in [0.2, 0.25) is 0 Å². The summed E-state index contributed by atoms with van der Waals surface area (Å²) in [6, 6.07) is 20.3. The fraction of sp³-hybridized carbons (Fsp3) is 0.120. The number of aromatic hydroxyl groups is 1. The molecule has 4 rings (SSSR count). The second-order valence-electron chi connectivity index (χ2n) is 7.41. The Morgan fingerprint density at radius 2 is 1.81 bits per heavy atom. The Morgan fingerprint density at radius 1 is 1.06 bits per heavy atom. The highest BCUT2D eigenvalue weighted by molar-refractivity contribution is 5.94. The molecule has 3 N–H and O–H groups in total. The van der Waals surface area contributed by atoms with Gasteiger partial charge >= 0.3 is 0 Å². The molecule has 0 aliphatic rings. The van der Waals surface area contributed by atoms with Crippen molar-refractivity contribution >= 4 is 17.4 Å². The minimum Gasteiger partial charge on any atom is -0.508 e. The molecule has 0 spiro atoms. The van der Waals surface area contributed by atoms with Crippen LogP contribution in [0.25, 0.3) is 5.69 Å². The predicted octanol–water partition coefficient (Wildman–Crippen LogP) is 5.12. The van der Waals surface area contributed by atoms with Crippen LogP contribution in [-0.2, 0) is 0 Å². The van der Waals surface area contributed by atoms with Crippen LogP contribution in [-0.4, -0.2) is 20.6 Å². The van der Waals surface area contributed by atoms with Crippen molar-refractivity contribution in [2.24, 2.45) is 0 Å². The lowest BCUT2D eigenvalue weighted by atomic mass is 10.1. The molecule has 0 saturated heterocycles. The minimum atomic E-state index is -0.318. The summed E-state index contributed by atoms with van der Waals surface area (Å²) in [5.74, 6) is 0.683. The lowest BCUT2D eigenvalue weighted by molar-refractivity contribution is 0.0939. The van der Waals surface area contributed by atoms with Gasteiger partial charge in [-0.25, -0.2) is 4.98 Å². The van der Waals surface area contributed by atoms with Crippen LogP contribution in [0, 0.1) is 6.92 Å². The molecule has 4 aromatic rings. The summed E-state index contributed by atoms with van der Waals surface area (Å²) in [7, 11) is 0. The topological polar surface area (TPSA) is 79.2 Å². The molecule has 2 aromatic carbocycles. The number of carbonyl (C=O) groups excluding carboxylic acids is 1. The zero-order chi connectivity index (χ0) is 21.8. The summed E-state index contributed by atoms with van der Waals surface area (Å²) >= 11 is 0. The lowest BCUT2D eigenvalue weighted by Gasteiger charge is -2.15. The highest BCUT2D eigenvalue weighted by Gasteiger charge is 2.15. The van der Waals surface area contributed by atoms with Gasteiger partial charge in [-0.05, 0) is 43.7 Å². The minimum absolute atomic E-state index is 0.165. The second kappa shape index (κ2) is 8.75. The zero-order valence-corrected chi connectivity index (χ0v) is 17.4. The maximum atomic E-state index is 12.7. The number of amides is 1. The number of hydrogen-bond donors (Lipinski definition) is 3. The van der Waals surface area contributed by atoms with Gasteiger partial charge in [0.2, 0.25) is 0 Å². The molecule has 0 saturated carbocycles. The van der Waals surface area contributed by atoms with Crippen molar-refractivity contribution in [3.8, 4) is 11.4 Å². The molecule has 2 aromatic heterocycles. The molecule has 6 heteroatoms. The first-order valence-electron chi connectivity index (χ1n) is 10.1. The van der Waals surface area contributed by atoms with E-state index in [1.165, 1.54) is 0 Å². The van der Waals surface area contributed by atoms with Gasteiger partial charge in [-0.2, -0.15) is 0 Å². The number of phenols is 1. The van der Waals surface area contributed by atoms with Crippen molar-refractivity contribution in [2.75, 3.05) is 5.32 Å². The molecule has 31 heavy (non-hydrogen) atoms. The number of phenolic OH excluding ortho intramolecular Hbond substituents is 1. The van der Waals surface area contributed by atoms with Gasteiger partial charge in [0, 0.05) is 35.9 Å². The number of para-hydroxylation sites is 2. The average molecular weight is 412 g/mol. The van der Waals surface area contributed by atoms with Crippen molar-refractivity contribution in [2.45, 2.75) is 19.9 Å². The summed E-state index contributed by atoms with van der Waals surface area (Å²) < 4.78 is 1.91. The number of aromatic nitrogens is 2. The van der Waals surface area contributed by atoms with Crippen molar-refractivity contribution in [3.63, 3.8) is 0 Å². The SMILES string of the molecule is Cc1cnc(Nc2ccccc2)cc1-n1ccc(C(=O)NC(C)c2ccccc2O)c1. The molecule has 0 aliphatic carbocycles. The number of nitrogens with zero attached hydrogens (tertiary/aromatic N) is 2. The number of anilines is 2. The predicted molar refractivity (Wildman–Crippen MR) is 122 cm³/mol. The second-order valence-corrected chi connectivity index (χ2v) is 7.41. The van der Waals surface area contributed by atoms with E-state index in [4.69, 9.17) is 0 Å². The van der Waals surface area contributed by atoms with Gasteiger partial charge in [0.1, 0.15) is 11.6 Å². The highest BCUT2D eigenvalue weighted by Crippen LogP contribution is 2.24. The van der Waals surface area contributed by atoms with E-state index in [-0.39, 0.29) is 17.7 Å². The highest BCUT2D eigenvalue weighted by atomic mass is 16.3. The first kappa shape index (κ1) is 20.2. The number of hydrogen-bond acceptors (Lipinski definition) is 4. The molecule has 0 fully saturated rings. The molecular weight excluding hydrogens is 388 g/mol. The molecule has 0 aliphatic heterocycles. The molecule has 156 valence electrons.